The Balaban J connectivity index is 1.85. The molecule has 136 valence electrons. The Morgan fingerprint density at radius 3 is 2.26 bits per heavy atom. The van der Waals surface area contributed by atoms with Gasteiger partial charge in [0.25, 0.3) is 0 Å². The van der Waals surface area contributed by atoms with E-state index in [1.54, 1.807) is 18.3 Å². The number of halogens is 3. The van der Waals surface area contributed by atoms with Crippen LogP contribution in [0, 0.1) is 0 Å². The number of alkyl halides is 3. The van der Waals surface area contributed by atoms with Crippen LogP contribution in [0.4, 0.5) is 24.9 Å². The molecule has 0 aliphatic heterocycles. The molecule has 27 heavy (non-hydrogen) atoms. The van der Waals surface area contributed by atoms with E-state index in [0.717, 1.165) is 6.07 Å². The maximum atomic E-state index is 13.1. The molecule has 0 bridgehead atoms. The molecule has 4 aromatic heterocycles. The fraction of sp³-hybridized carbons (Fsp3) is 0.0625. The van der Waals surface area contributed by atoms with E-state index >= 15 is 0 Å². The highest BCUT2D eigenvalue weighted by molar-refractivity contribution is 5.66. The number of anilines is 2. The molecule has 8 nitrogen and oxygen atoms in total. The van der Waals surface area contributed by atoms with Crippen molar-refractivity contribution in [2.24, 2.45) is 0 Å². The molecule has 4 heterocycles. The van der Waals surface area contributed by atoms with E-state index in [1.807, 2.05) is 0 Å². The number of aromatic nitrogens is 6. The summed E-state index contributed by atoms with van der Waals surface area (Å²) in [6.45, 7) is 0. The summed E-state index contributed by atoms with van der Waals surface area (Å²) >= 11 is 0. The highest BCUT2D eigenvalue weighted by Gasteiger charge is 2.34. The molecule has 0 radical (unpaired) electrons. The van der Waals surface area contributed by atoms with Gasteiger partial charge in [-0.1, -0.05) is 0 Å². The Bertz CT molecular complexity index is 1130. The summed E-state index contributed by atoms with van der Waals surface area (Å²) in [7, 11) is 0. The molecular weight excluding hydrogens is 361 g/mol. The van der Waals surface area contributed by atoms with Gasteiger partial charge in [0, 0.05) is 29.7 Å². The number of nitrogen functional groups attached to an aromatic ring is 2. The van der Waals surface area contributed by atoms with Gasteiger partial charge in [0.05, 0.1) is 23.1 Å². The Hall–Kier alpha value is -3.76. The standard InChI is InChI=1S/C16H11F3N8/c17-16(18,19)10-3-8(4-23-14(10)20)11-1-2-13-22-7-12(27(13)26-11)9-5-24-15(21)25-6-9/h1-7H,(H2,20,23)(H2,21,24,25). The zero-order valence-electron chi connectivity index (χ0n) is 13.5. The SMILES string of the molecule is Nc1ncc(-c2cnc3ccc(-c4cnc(N)c(C(F)(F)F)c4)nn23)cn1. The molecule has 0 unspecified atom stereocenters. The van der Waals surface area contributed by atoms with Crippen molar-refractivity contribution >= 4 is 17.4 Å². The van der Waals surface area contributed by atoms with Gasteiger partial charge in [-0.2, -0.15) is 18.3 Å². The van der Waals surface area contributed by atoms with Crippen molar-refractivity contribution in [3.63, 3.8) is 0 Å². The first-order chi connectivity index (χ1) is 12.8. The van der Waals surface area contributed by atoms with E-state index < -0.39 is 17.6 Å². The Morgan fingerprint density at radius 2 is 1.56 bits per heavy atom. The summed E-state index contributed by atoms with van der Waals surface area (Å²) < 4.78 is 40.7. The lowest BCUT2D eigenvalue weighted by Gasteiger charge is -2.11. The monoisotopic (exact) mass is 372 g/mol. The fourth-order valence-electron chi connectivity index (χ4n) is 2.54. The smallest absolute Gasteiger partial charge is 0.383 e. The molecule has 11 heteroatoms. The van der Waals surface area contributed by atoms with Crippen molar-refractivity contribution in [3.8, 4) is 22.5 Å². The highest BCUT2D eigenvalue weighted by Crippen LogP contribution is 2.34. The molecule has 0 aromatic carbocycles. The minimum absolute atomic E-state index is 0.119. The van der Waals surface area contributed by atoms with Crippen LogP contribution < -0.4 is 11.5 Å². The third-order valence-corrected chi connectivity index (χ3v) is 3.85. The summed E-state index contributed by atoms with van der Waals surface area (Å²) in [4.78, 5) is 15.7. The topological polar surface area (TPSA) is 121 Å². The van der Waals surface area contributed by atoms with Gasteiger partial charge in [0.1, 0.15) is 5.82 Å². The van der Waals surface area contributed by atoms with Crippen molar-refractivity contribution in [3.05, 3.63) is 48.5 Å². The quantitative estimate of drug-likeness (QED) is 0.554. The predicted molar refractivity (Wildman–Crippen MR) is 91.1 cm³/mol. The number of hydrogen-bond donors (Lipinski definition) is 2. The maximum absolute atomic E-state index is 13.1. The lowest BCUT2D eigenvalue weighted by atomic mass is 10.1. The molecule has 0 aliphatic carbocycles. The molecule has 4 rings (SSSR count). The molecule has 4 aromatic rings. The second-order valence-corrected chi connectivity index (χ2v) is 5.62. The van der Waals surface area contributed by atoms with Gasteiger partial charge >= 0.3 is 6.18 Å². The highest BCUT2D eigenvalue weighted by atomic mass is 19.4. The second-order valence-electron chi connectivity index (χ2n) is 5.62. The molecule has 0 aliphatic rings. The maximum Gasteiger partial charge on any atom is 0.419 e. The van der Waals surface area contributed by atoms with E-state index in [-0.39, 0.29) is 17.2 Å². The van der Waals surface area contributed by atoms with Gasteiger partial charge in [-0.15, -0.1) is 0 Å². The third kappa shape index (κ3) is 2.99. The van der Waals surface area contributed by atoms with Crippen molar-refractivity contribution in [1.82, 2.24) is 29.5 Å². The second kappa shape index (κ2) is 5.90. The summed E-state index contributed by atoms with van der Waals surface area (Å²) in [5.41, 5.74) is 11.9. The largest absolute Gasteiger partial charge is 0.419 e. The molecule has 0 spiro atoms. The molecule has 0 saturated carbocycles. The predicted octanol–water partition coefficient (Wildman–Crippen LogP) is 2.43. The first-order valence-corrected chi connectivity index (χ1v) is 7.59. The van der Waals surface area contributed by atoms with E-state index in [0.29, 0.717) is 16.9 Å². The van der Waals surface area contributed by atoms with Crippen LogP contribution in [-0.2, 0) is 6.18 Å². The fourth-order valence-corrected chi connectivity index (χ4v) is 2.54. The van der Waals surface area contributed by atoms with E-state index in [9.17, 15) is 13.2 Å². The minimum atomic E-state index is -4.61. The number of pyridine rings is 1. The van der Waals surface area contributed by atoms with Crippen LogP contribution in [0.25, 0.3) is 28.2 Å². The molecule has 0 atom stereocenters. The van der Waals surface area contributed by atoms with Gasteiger partial charge in [0.2, 0.25) is 5.95 Å². The van der Waals surface area contributed by atoms with E-state index in [1.165, 1.54) is 23.1 Å². The number of nitrogens with two attached hydrogens (primary N) is 2. The molecule has 0 amide bonds. The van der Waals surface area contributed by atoms with Crippen LogP contribution in [0.2, 0.25) is 0 Å². The van der Waals surface area contributed by atoms with Crippen molar-refractivity contribution in [1.29, 1.82) is 0 Å². The van der Waals surface area contributed by atoms with Crippen LogP contribution in [0.3, 0.4) is 0 Å². The lowest BCUT2D eigenvalue weighted by molar-refractivity contribution is -0.137. The molecule has 0 saturated heterocycles. The van der Waals surface area contributed by atoms with Crippen molar-refractivity contribution in [2.75, 3.05) is 11.5 Å². The number of rotatable bonds is 2. The molecular formula is C16H11F3N8. The minimum Gasteiger partial charge on any atom is -0.383 e. The number of hydrogen-bond acceptors (Lipinski definition) is 7. The number of nitrogens with zero attached hydrogens (tertiary/aromatic N) is 6. The zero-order chi connectivity index (χ0) is 19.2. The molecule has 4 N–H and O–H groups in total. The van der Waals surface area contributed by atoms with Gasteiger partial charge in [-0.3, -0.25) is 0 Å². The lowest BCUT2D eigenvalue weighted by Crippen LogP contribution is -2.10. The van der Waals surface area contributed by atoms with Crippen molar-refractivity contribution < 1.29 is 13.2 Å². The van der Waals surface area contributed by atoms with Crippen LogP contribution in [0.1, 0.15) is 5.56 Å². The van der Waals surface area contributed by atoms with Crippen molar-refractivity contribution in [2.45, 2.75) is 6.18 Å². The summed E-state index contributed by atoms with van der Waals surface area (Å²) in [5, 5.41) is 4.38. The first-order valence-electron chi connectivity index (χ1n) is 7.59. The van der Waals surface area contributed by atoms with E-state index in [4.69, 9.17) is 11.5 Å². The van der Waals surface area contributed by atoms with Gasteiger partial charge in [-0.25, -0.2) is 24.5 Å². The Labute approximate surface area is 149 Å². The van der Waals surface area contributed by atoms with Crippen LogP contribution in [0.15, 0.2) is 43.0 Å². The zero-order valence-corrected chi connectivity index (χ0v) is 13.5. The van der Waals surface area contributed by atoms with Gasteiger partial charge in [0.15, 0.2) is 5.65 Å². The van der Waals surface area contributed by atoms with Crippen LogP contribution in [0.5, 0.6) is 0 Å². The van der Waals surface area contributed by atoms with Crippen LogP contribution >= 0.6 is 0 Å². The summed E-state index contributed by atoms with van der Waals surface area (Å²) in [6, 6.07) is 4.10. The normalized spacial score (nSPS) is 11.8. The third-order valence-electron chi connectivity index (χ3n) is 3.85. The van der Waals surface area contributed by atoms with E-state index in [2.05, 4.69) is 25.0 Å². The average molecular weight is 372 g/mol. The number of imidazole rings is 1. The molecule has 0 fully saturated rings. The summed E-state index contributed by atoms with van der Waals surface area (Å²) in [5.74, 6) is -0.469. The van der Waals surface area contributed by atoms with Gasteiger partial charge < -0.3 is 11.5 Å². The first kappa shape index (κ1) is 16.7. The summed E-state index contributed by atoms with van der Waals surface area (Å²) in [6.07, 6.45) is 1.20. The Kier molecular flexibility index (Phi) is 3.65. The Morgan fingerprint density at radius 1 is 0.852 bits per heavy atom. The number of fused-ring (bicyclic) bond motifs is 1. The van der Waals surface area contributed by atoms with Crippen LogP contribution in [-0.4, -0.2) is 29.5 Å². The average Bonchev–Trinajstić information content (AvgIpc) is 3.05. The van der Waals surface area contributed by atoms with Gasteiger partial charge in [-0.05, 0) is 18.2 Å².